The summed E-state index contributed by atoms with van der Waals surface area (Å²) in [7, 11) is 0. The average molecular weight is 222 g/mol. The summed E-state index contributed by atoms with van der Waals surface area (Å²) in [6, 6.07) is 6.88. The molecule has 0 aromatic heterocycles. The number of nitrogens with zero attached hydrogens (tertiary/aromatic N) is 1. The van der Waals surface area contributed by atoms with E-state index in [-0.39, 0.29) is 5.56 Å². The summed E-state index contributed by atoms with van der Waals surface area (Å²) >= 11 is 0. The zero-order valence-electron chi connectivity index (χ0n) is 8.85. The minimum absolute atomic E-state index is 0.286. The molecule has 1 fully saturated rings. The summed E-state index contributed by atoms with van der Waals surface area (Å²) in [6.07, 6.45) is 0. The molecule has 2 rings (SSSR count). The first-order valence-corrected chi connectivity index (χ1v) is 5.19. The van der Waals surface area contributed by atoms with E-state index in [9.17, 15) is 4.79 Å². The van der Waals surface area contributed by atoms with Crippen LogP contribution < -0.4 is 5.43 Å². The number of nitrogens with one attached hydrogen (secondary N) is 1. The molecule has 1 aromatic rings. The van der Waals surface area contributed by atoms with Gasteiger partial charge in [0.1, 0.15) is 0 Å². The molecule has 0 radical (unpaired) electrons. The number of aromatic carboxylic acids is 1. The van der Waals surface area contributed by atoms with Crippen LogP contribution in [0.25, 0.3) is 0 Å². The van der Waals surface area contributed by atoms with E-state index in [1.807, 2.05) is 11.1 Å². The molecular formula is C11H14N2O3. The van der Waals surface area contributed by atoms with Gasteiger partial charge in [0, 0.05) is 13.1 Å². The number of anilines is 1. The van der Waals surface area contributed by atoms with Gasteiger partial charge >= 0.3 is 5.97 Å². The normalized spacial score (nSPS) is 17.0. The number of carboxylic acid groups (broad SMARTS) is 1. The number of carboxylic acids is 1. The molecule has 0 bridgehead atoms. The monoisotopic (exact) mass is 222 g/mol. The molecule has 5 heteroatoms. The number of morpholine rings is 1. The zero-order valence-corrected chi connectivity index (χ0v) is 8.85. The fraction of sp³-hybridized carbons (Fsp3) is 0.364. The maximum Gasteiger partial charge on any atom is 0.337 e. The van der Waals surface area contributed by atoms with Crippen LogP contribution in [0.5, 0.6) is 0 Å². The highest BCUT2D eigenvalue weighted by atomic mass is 16.5. The third-order valence-corrected chi connectivity index (χ3v) is 2.45. The lowest BCUT2D eigenvalue weighted by molar-refractivity contribution is 0.0495. The molecule has 1 aliphatic heterocycles. The Balaban J connectivity index is 2.10. The first kappa shape index (κ1) is 10.9. The van der Waals surface area contributed by atoms with E-state index in [0.29, 0.717) is 18.9 Å². The fourth-order valence-electron chi connectivity index (χ4n) is 1.61. The molecule has 0 aliphatic carbocycles. The maximum atomic E-state index is 11.0. The summed E-state index contributed by atoms with van der Waals surface area (Å²) in [4.78, 5) is 11.0. The second-order valence-electron chi connectivity index (χ2n) is 3.56. The Hall–Kier alpha value is -1.59. The van der Waals surface area contributed by atoms with Crippen molar-refractivity contribution in [3.8, 4) is 0 Å². The third-order valence-electron chi connectivity index (χ3n) is 2.45. The molecule has 5 nitrogen and oxygen atoms in total. The van der Waals surface area contributed by atoms with Crippen molar-refractivity contribution in [2.45, 2.75) is 0 Å². The van der Waals surface area contributed by atoms with Crippen LogP contribution in [0, 0.1) is 0 Å². The molecule has 16 heavy (non-hydrogen) atoms. The van der Waals surface area contributed by atoms with Crippen LogP contribution in [-0.2, 0) is 4.74 Å². The van der Waals surface area contributed by atoms with Crippen molar-refractivity contribution >= 4 is 11.7 Å². The van der Waals surface area contributed by atoms with Gasteiger partial charge in [-0.05, 0) is 12.1 Å². The van der Waals surface area contributed by atoms with Crippen LogP contribution in [0.2, 0.25) is 0 Å². The number of para-hydroxylation sites is 1. The van der Waals surface area contributed by atoms with Gasteiger partial charge in [-0.1, -0.05) is 12.1 Å². The number of hydrogen-bond acceptors (Lipinski definition) is 4. The Bertz CT molecular complexity index is 375. The highest BCUT2D eigenvalue weighted by Crippen LogP contribution is 2.16. The van der Waals surface area contributed by atoms with E-state index in [4.69, 9.17) is 9.84 Å². The van der Waals surface area contributed by atoms with E-state index in [2.05, 4.69) is 5.43 Å². The Morgan fingerprint density at radius 2 is 2.00 bits per heavy atom. The summed E-state index contributed by atoms with van der Waals surface area (Å²) < 4.78 is 5.22. The molecule has 1 aromatic carbocycles. The largest absolute Gasteiger partial charge is 0.478 e. The Labute approximate surface area is 93.6 Å². The number of carbonyl (C=O) groups is 1. The van der Waals surface area contributed by atoms with Gasteiger partial charge in [-0.2, -0.15) is 0 Å². The van der Waals surface area contributed by atoms with Crippen molar-refractivity contribution in [2.75, 3.05) is 31.7 Å². The third kappa shape index (κ3) is 2.50. The van der Waals surface area contributed by atoms with E-state index < -0.39 is 5.97 Å². The van der Waals surface area contributed by atoms with Gasteiger partial charge < -0.3 is 15.3 Å². The number of ether oxygens (including phenoxy) is 1. The minimum atomic E-state index is -0.920. The average Bonchev–Trinajstić information content (AvgIpc) is 2.31. The van der Waals surface area contributed by atoms with E-state index >= 15 is 0 Å². The quantitative estimate of drug-likeness (QED) is 0.800. The number of benzene rings is 1. The van der Waals surface area contributed by atoms with Crippen LogP contribution in [0.4, 0.5) is 5.69 Å². The van der Waals surface area contributed by atoms with E-state index in [1.165, 1.54) is 0 Å². The van der Waals surface area contributed by atoms with Gasteiger partial charge in [0.15, 0.2) is 0 Å². The highest BCUT2D eigenvalue weighted by molar-refractivity contribution is 5.94. The van der Waals surface area contributed by atoms with Gasteiger partial charge in [-0.3, -0.25) is 0 Å². The summed E-state index contributed by atoms with van der Waals surface area (Å²) in [6.45, 7) is 2.85. The Morgan fingerprint density at radius 3 is 2.69 bits per heavy atom. The first-order chi connectivity index (χ1) is 7.77. The molecule has 0 atom stereocenters. The van der Waals surface area contributed by atoms with Gasteiger partial charge in [0.2, 0.25) is 0 Å². The maximum absolute atomic E-state index is 11.0. The minimum Gasteiger partial charge on any atom is -0.478 e. The SMILES string of the molecule is O=C(O)c1ccccc1NN1CCOCC1. The van der Waals surface area contributed by atoms with Crippen LogP contribution in [-0.4, -0.2) is 42.4 Å². The molecule has 1 saturated heterocycles. The highest BCUT2D eigenvalue weighted by Gasteiger charge is 2.14. The summed E-state index contributed by atoms with van der Waals surface area (Å²) in [5.74, 6) is -0.920. The van der Waals surface area contributed by atoms with Gasteiger partial charge in [0.25, 0.3) is 0 Å². The molecular weight excluding hydrogens is 208 g/mol. The second kappa shape index (κ2) is 4.96. The van der Waals surface area contributed by atoms with Gasteiger partial charge in [-0.15, -0.1) is 0 Å². The van der Waals surface area contributed by atoms with E-state index in [1.54, 1.807) is 18.2 Å². The molecule has 0 unspecified atom stereocenters. The lowest BCUT2D eigenvalue weighted by Crippen LogP contribution is -2.40. The fourth-order valence-corrected chi connectivity index (χ4v) is 1.61. The van der Waals surface area contributed by atoms with Crippen molar-refractivity contribution in [1.82, 2.24) is 5.01 Å². The molecule has 2 N–H and O–H groups in total. The molecule has 1 heterocycles. The molecule has 0 saturated carbocycles. The van der Waals surface area contributed by atoms with Crippen molar-refractivity contribution in [1.29, 1.82) is 0 Å². The second-order valence-corrected chi connectivity index (χ2v) is 3.56. The van der Waals surface area contributed by atoms with Crippen LogP contribution in [0.1, 0.15) is 10.4 Å². The van der Waals surface area contributed by atoms with Crippen molar-refractivity contribution in [2.24, 2.45) is 0 Å². The van der Waals surface area contributed by atoms with Crippen LogP contribution >= 0.6 is 0 Å². The van der Waals surface area contributed by atoms with Crippen molar-refractivity contribution in [3.05, 3.63) is 29.8 Å². The van der Waals surface area contributed by atoms with Crippen molar-refractivity contribution < 1.29 is 14.6 Å². The Morgan fingerprint density at radius 1 is 1.31 bits per heavy atom. The predicted molar refractivity (Wildman–Crippen MR) is 59.4 cm³/mol. The first-order valence-electron chi connectivity index (χ1n) is 5.19. The lowest BCUT2D eigenvalue weighted by Gasteiger charge is -2.28. The number of hydrogen-bond donors (Lipinski definition) is 2. The lowest BCUT2D eigenvalue weighted by atomic mass is 10.2. The predicted octanol–water partition coefficient (Wildman–Crippen LogP) is 1.04. The smallest absolute Gasteiger partial charge is 0.337 e. The van der Waals surface area contributed by atoms with Crippen LogP contribution in [0.3, 0.4) is 0 Å². The van der Waals surface area contributed by atoms with Crippen LogP contribution in [0.15, 0.2) is 24.3 Å². The van der Waals surface area contributed by atoms with Gasteiger partial charge in [-0.25, -0.2) is 9.80 Å². The van der Waals surface area contributed by atoms with E-state index in [0.717, 1.165) is 13.1 Å². The zero-order chi connectivity index (χ0) is 11.4. The molecule has 0 spiro atoms. The molecule has 86 valence electrons. The Kier molecular flexibility index (Phi) is 3.38. The molecule has 1 aliphatic rings. The van der Waals surface area contributed by atoms with Gasteiger partial charge in [0.05, 0.1) is 24.5 Å². The standard InChI is InChI=1S/C11H14N2O3/c14-11(15)9-3-1-2-4-10(9)12-13-5-7-16-8-6-13/h1-4,12H,5-8H2,(H,14,15). The molecule has 0 amide bonds. The topological polar surface area (TPSA) is 61.8 Å². The summed E-state index contributed by atoms with van der Waals surface area (Å²) in [5, 5.41) is 11.0. The summed E-state index contributed by atoms with van der Waals surface area (Å²) in [5.41, 5.74) is 4.01. The number of hydrazine groups is 1. The number of rotatable bonds is 3. The van der Waals surface area contributed by atoms with Crippen molar-refractivity contribution in [3.63, 3.8) is 0 Å².